The molecule has 1 heterocycles. The molecular weight excluding hydrogens is 294 g/mol. The van der Waals surface area contributed by atoms with Gasteiger partial charge >= 0.3 is 5.97 Å². The predicted molar refractivity (Wildman–Crippen MR) is 90.1 cm³/mol. The van der Waals surface area contributed by atoms with Crippen LogP contribution in [0.5, 0.6) is 0 Å². The lowest BCUT2D eigenvalue weighted by atomic mass is 10.2. The number of aromatic nitrogens is 2. The van der Waals surface area contributed by atoms with Crippen molar-refractivity contribution < 1.29 is 9.53 Å². The van der Waals surface area contributed by atoms with Gasteiger partial charge < -0.3 is 20.3 Å². The fourth-order valence-electron chi connectivity index (χ4n) is 1.86. The van der Waals surface area contributed by atoms with Gasteiger partial charge in [-0.15, -0.1) is 0 Å². The number of ether oxygens (including phenoxy) is 1. The van der Waals surface area contributed by atoms with E-state index in [2.05, 4.69) is 30.2 Å². The summed E-state index contributed by atoms with van der Waals surface area (Å²) in [5.74, 6) is 0.896. The normalized spacial score (nSPS) is 10.4. The molecule has 0 amide bonds. The minimum atomic E-state index is -0.356. The molecule has 0 aliphatic carbocycles. The van der Waals surface area contributed by atoms with Gasteiger partial charge in [-0.05, 0) is 44.4 Å². The summed E-state index contributed by atoms with van der Waals surface area (Å²) in [5, 5.41) is 6.34. The maximum Gasteiger partial charge on any atom is 0.337 e. The monoisotopic (exact) mass is 315 g/mol. The van der Waals surface area contributed by atoms with Crippen LogP contribution in [0.3, 0.4) is 0 Å². The second-order valence-corrected chi connectivity index (χ2v) is 5.19. The Labute approximate surface area is 135 Å². The van der Waals surface area contributed by atoms with E-state index in [0.29, 0.717) is 17.3 Å². The average molecular weight is 315 g/mol. The molecule has 0 bridgehead atoms. The Morgan fingerprint density at radius 1 is 1.22 bits per heavy atom. The summed E-state index contributed by atoms with van der Waals surface area (Å²) < 4.78 is 4.67. The lowest BCUT2D eigenvalue weighted by Gasteiger charge is -2.11. The van der Waals surface area contributed by atoms with Gasteiger partial charge in [0.05, 0.1) is 12.7 Å². The van der Waals surface area contributed by atoms with Crippen LogP contribution < -0.4 is 10.6 Å². The van der Waals surface area contributed by atoms with Gasteiger partial charge in [0.1, 0.15) is 5.82 Å². The highest BCUT2D eigenvalue weighted by Crippen LogP contribution is 2.16. The van der Waals surface area contributed by atoms with Gasteiger partial charge in [-0.1, -0.05) is 0 Å². The smallest absolute Gasteiger partial charge is 0.337 e. The highest BCUT2D eigenvalue weighted by molar-refractivity contribution is 5.89. The van der Waals surface area contributed by atoms with E-state index in [1.165, 1.54) is 7.11 Å². The van der Waals surface area contributed by atoms with Crippen molar-refractivity contribution in [3.63, 3.8) is 0 Å². The summed E-state index contributed by atoms with van der Waals surface area (Å²) in [6.45, 7) is 1.67. The molecule has 7 nitrogen and oxygen atoms in total. The zero-order valence-electron chi connectivity index (χ0n) is 13.5. The topological polar surface area (TPSA) is 79.4 Å². The van der Waals surface area contributed by atoms with Crippen molar-refractivity contribution in [3.05, 3.63) is 42.1 Å². The van der Waals surface area contributed by atoms with Crippen molar-refractivity contribution in [2.45, 2.75) is 0 Å². The van der Waals surface area contributed by atoms with E-state index in [1.807, 2.05) is 14.1 Å². The van der Waals surface area contributed by atoms with E-state index in [-0.39, 0.29) is 5.97 Å². The van der Waals surface area contributed by atoms with Gasteiger partial charge in [0.25, 0.3) is 0 Å². The first kappa shape index (κ1) is 16.7. The van der Waals surface area contributed by atoms with Crippen molar-refractivity contribution in [2.75, 3.05) is 44.9 Å². The summed E-state index contributed by atoms with van der Waals surface area (Å²) in [6, 6.07) is 8.78. The third-order valence-electron chi connectivity index (χ3n) is 3.08. The number of rotatable bonds is 7. The lowest BCUT2D eigenvalue weighted by Crippen LogP contribution is -2.21. The SMILES string of the molecule is COC(=O)c1ccc(Nc2ccnc(NCCN(C)C)n2)cc1. The van der Waals surface area contributed by atoms with E-state index in [0.717, 1.165) is 18.8 Å². The molecule has 0 fully saturated rings. The van der Waals surface area contributed by atoms with E-state index < -0.39 is 0 Å². The van der Waals surface area contributed by atoms with Crippen LogP contribution in [0.4, 0.5) is 17.5 Å². The van der Waals surface area contributed by atoms with Crippen LogP contribution >= 0.6 is 0 Å². The molecule has 0 atom stereocenters. The Morgan fingerprint density at radius 2 is 1.96 bits per heavy atom. The van der Waals surface area contributed by atoms with Crippen LogP contribution in [0, 0.1) is 0 Å². The Morgan fingerprint density at radius 3 is 2.61 bits per heavy atom. The first-order chi connectivity index (χ1) is 11.1. The zero-order valence-corrected chi connectivity index (χ0v) is 13.5. The maximum atomic E-state index is 11.4. The van der Waals surface area contributed by atoms with Crippen LogP contribution in [0.1, 0.15) is 10.4 Å². The fourth-order valence-corrected chi connectivity index (χ4v) is 1.86. The molecule has 1 aromatic heterocycles. The van der Waals surface area contributed by atoms with Crippen molar-refractivity contribution in [1.82, 2.24) is 14.9 Å². The zero-order chi connectivity index (χ0) is 16.7. The van der Waals surface area contributed by atoms with Gasteiger partial charge in [0.15, 0.2) is 0 Å². The Bertz CT molecular complexity index is 643. The molecule has 0 aliphatic heterocycles. The van der Waals surface area contributed by atoms with E-state index >= 15 is 0 Å². The van der Waals surface area contributed by atoms with E-state index in [4.69, 9.17) is 0 Å². The number of carbonyl (C=O) groups is 1. The molecule has 0 saturated heterocycles. The maximum absolute atomic E-state index is 11.4. The first-order valence-corrected chi connectivity index (χ1v) is 7.25. The molecule has 7 heteroatoms. The van der Waals surface area contributed by atoms with Gasteiger partial charge in [0, 0.05) is 25.0 Å². The number of anilines is 3. The number of nitrogens with one attached hydrogen (secondary N) is 2. The van der Waals surface area contributed by atoms with Gasteiger partial charge in [-0.25, -0.2) is 9.78 Å². The Balaban J connectivity index is 1.98. The summed E-state index contributed by atoms with van der Waals surface area (Å²) in [6.07, 6.45) is 1.69. The van der Waals surface area contributed by atoms with Crippen LogP contribution in [0.2, 0.25) is 0 Å². The molecule has 2 rings (SSSR count). The minimum absolute atomic E-state index is 0.356. The molecule has 0 spiro atoms. The number of likely N-dealkylation sites (N-methyl/N-ethyl adjacent to an activating group) is 1. The molecule has 0 radical (unpaired) electrons. The van der Waals surface area contributed by atoms with Crippen molar-refractivity contribution in [2.24, 2.45) is 0 Å². The molecule has 2 aromatic rings. The van der Waals surface area contributed by atoms with Gasteiger partial charge in [0.2, 0.25) is 5.95 Å². The summed E-state index contributed by atoms with van der Waals surface area (Å²) in [7, 11) is 5.39. The average Bonchev–Trinajstić information content (AvgIpc) is 2.55. The first-order valence-electron chi connectivity index (χ1n) is 7.25. The van der Waals surface area contributed by atoms with Crippen LogP contribution in [0.15, 0.2) is 36.5 Å². The number of hydrogen-bond donors (Lipinski definition) is 2. The number of nitrogens with zero attached hydrogens (tertiary/aromatic N) is 3. The van der Waals surface area contributed by atoms with Crippen molar-refractivity contribution >= 4 is 23.4 Å². The highest BCUT2D eigenvalue weighted by Gasteiger charge is 2.05. The summed E-state index contributed by atoms with van der Waals surface area (Å²) in [5.41, 5.74) is 1.34. The Hall–Kier alpha value is -2.67. The second-order valence-electron chi connectivity index (χ2n) is 5.19. The van der Waals surface area contributed by atoms with Crippen LogP contribution in [0.25, 0.3) is 0 Å². The largest absolute Gasteiger partial charge is 0.465 e. The summed E-state index contributed by atoms with van der Waals surface area (Å²) in [4.78, 5) is 22.1. The van der Waals surface area contributed by atoms with Crippen LogP contribution in [-0.2, 0) is 4.74 Å². The van der Waals surface area contributed by atoms with E-state index in [1.54, 1.807) is 36.5 Å². The quantitative estimate of drug-likeness (QED) is 0.756. The van der Waals surface area contributed by atoms with E-state index in [9.17, 15) is 4.79 Å². The predicted octanol–water partition coefficient (Wildman–Crippen LogP) is 1.98. The Kier molecular flexibility index (Phi) is 5.87. The fraction of sp³-hybridized carbons (Fsp3) is 0.312. The number of benzene rings is 1. The lowest BCUT2D eigenvalue weighted by molar-refractivity contribution is 0.0601. The number of carbonyl (C=O) groups excluding carboxylic acids is 1. The molecule has 122 valence electrons. The van der Waals surface area contributed by atoms with Crippen molar-refractivity contribution in [1.29, 1.82) is 0 Å². The number of esters is 1. The minimum Gasteiger partial charge on any atom is -0.465 e. The third kappa shape index (κ3) is 5.23. The summed E-state index contributed by atoms with van der Waals surface area (Å²) >= 11 is 0. The molecule has 0 aliphatic rings. The third-order valence-corrected chi connectivity index (χ3v) is 3.08. The highest BCUT2D eigenvalue weighted by atomic mass is 16.5. The molecule has 23 heavy (non-hydrogen) atoms. The molecule has 0 unspecified atom stereocenters. The van der Waals surface area contributed by atoms with Gasteiger partial charge in [-0.2, -0.15) is 4.98 Å². The number of methoxy groups -OCH3 is 1. The number of hydrogen-bond acceptors (Lipinski definition) is 7. The van der Waals surface area contributed by atoms with Crippen molar-refractivity contribution in [3.8, 4) is 0 Å². The van der Waals surface area contributed by atoms with Gasteiger partial charge in [-0.3, -0.25) is 0 Å². The van der Waals surface area contributed by atoms with Crippen LogP contribution in [-0.4, -0.2) is 55.1 Å². The molecular formula is C16H21N5O2. The molecule has 1 aromatic carbocycles. The standard InChI is InChI=1S/C16H21N5O2/c1-21(2)11-10-18-16-17-9-8-14(20-16)19-13-6-4-12(5-7-13)15(22)23-3/h4-9H,10-11H2,1-3H3,(H2,17,18,19,20). The molecule has 0 saturated carbocycles. The molecule has 2 N–H and O–H groups in total. The second kappa shape index (κ2) is 8.09.